The molecule has 0 atom stereocenters. The Bertz CT molecular complexity index is 400. The number of hydrogen-bond acceptors (Lipinski definition) is 3. The van der Waals surface area contributed by atoms with Crippen LogP contribution in [0.4, 0.5) is 0 Å². The van der Waals surface area contributed by atoms with E-state index >= 15 is 0 Å². The zero-order valence-corrected chi connectivity index (χ0v) is 10.6. The minimum absolute atomic E-state index is 0.0413. The van der Waals surface area contributed by atoms with Gasteiger partial charge in [0.05, 0.1) is 7.11 Å². The third kappa shape index (κ3) is 3.47. The summed E-state index contributed by atoms with van der Waals surface area (Å²) >= 11 is 0. The van der Waals surface area contributed by atoms with Crippen molar-refractivity contribution in [3.8, 4) is 5.75 Å². The van der Waals surface area contributed by atoms with Crippen LogP contribution in [0.2, 0.25) is 0 Å². The second kappa shape index (κ2) is 6.40. The normalized spacial score (nSPS) is 16.3. The molecule has 1 aromatic rings. The third-order valence-corrected chi connectivity index (χ3v) is 3.22. The van der Waals surface area contributed by atoms with Gasteiger partial charge < -0.3 is 14.8 Å². The van der Waals surface area contributed by atoms with Crippen LogP contribution in [0.5, 0.6) is 5.75 Å². The second-order valence-corrected chi connectivity index (χ2v) is 4.50. The minimum Gasteiger partial charge on any atom is -0.497 e. The lowest BCUT2D eigenvalue weighted by Gasteiger charge is -2.22. The molecule has 1 amide bonds. The van der Waals surface area contributed by atoms with E-state index in [0.29, 0.717) is 17.2 Å². The Labute approximate surface area is 107 Å². The lowest BCUT2D eigenvalue weighted by molar-refractivity contribution is 0.0642. The van der Waals surface area contributed by atoms with Crippen molar-refractivity contribution in [3.63, 3.8) is 0 Å². The van der Waals surface area contributed by atoms with Gasteiger partial charge in [0.2, 0.25) is 0 Å². The van der Waals surface area contributed by atoms with E-state index in [4.69, 9.17) is 9.47 Å². The molecule has 0 saturated carbocycles. The number of carbonyl (C=O) groups excluding carboxylic acids is 1. The number of amides is 1. The highest BCUT2D eigenvalue weighted by atomic mass is 16.5. The molecule has 0 aliphatic carbocycles. The van der Waals surface area contributed by atoms with E-state index in [9.17, 15) is 4.79 Å². The zero-order chi connectivity index (χ0) is 12.8. The molecule has 0 aromatic heterocycles. The summed E-state index contributed by atoms with van der Waals surface area (Å²) in [5, 5.41) is 2.97. The molecule has 1 aliphatic heterocycles. The van der Waals surface area contributed by atoms with E-state index in [1.54, 1.807) is 19.2 Å². The van der Waals surface area contributed by atoms with E-state index in [1.807, 2.05) is 12.1 Å². The maximum atomic E-state index is 12.0. The van der Waals surface area contributed by atoms with Crippen molar-refractivity contribution >= 4 is 5.91 Å². The summed E-state index contributed by atoms with van der Waals surface area (Å²) in [5.41, 5.74) is 0.640. The highest BCUT2D eigenvalue weighted by Crippen LogP contribution is 2.15. The van der Waals surface area contributed by atoms with Crippen molar-refractivity contribution in [2.24, 2.45) is 5.92 Å². The molecule has 2 rings (SSSR count). The molecule has 1 heterocycles. The first kappa shape index (κ1) is 12.9. The van der Waals surface area contributed by atoms with Gasteiger partial charge in [0.25, 0.3) is 5.91 Å². The Morgan fingerprint density at radius 2 is 2.22 bits per heavy atom. The number of carbonyl (C=O) groups is 1. The highest BCUT2D eigenvalue weighted by molar-refractivity contribution is 5.94. The van der Waals surface area contributed by atoms with Crippen LogP contribution in [0.3, 0.4) is 0 Å². The van der Waals surface area contributed by atoms with Gasteiger partial charge in [0.1, 0.15) is 5.75 Å². The summed E-state index contributed by atoms with van der Waals surface area (Å²) in [6, 6.07) is 7.19. The molecular weight excluding hydrogens is 230 g/mol. The maximum absolute atomic E-state index is 12.0. The van der Waals surface area contributed by atoms with Crippen LogP contribution in [0.1, 0.15) is 23.2 Å². The fourth-order valence-electron chi connectivity index (χ4n) is 2.05. The van der Waals surface area contributed by atoms with Crippen molar-refractivity contribution in [1.82, 2.24) is 5.32 Å². The van der Waals surface area contributed by atoms with Gasteiger partial charge in [0.15, 0.2) is 0 Å². The topological polar surface area (TPSA) is 47.6 Å². The average Bonchev–Trinajstić information content (AvgIpc) is 2.46. The quantitative estimate of drug-likeness (QED) is 0.886. The van der Waals surface area contributed by atoms with Gasteiger partial charge in [-0.25, -0.2) is 0 Å². The Balaban J connectivity index is 1.86. The Hall–Kier alpha value is -1.55. The molecule has 0 spiro atoms. The van der Waals surface area contributed by atoms with Gasteiger partial charge in [-0.15, -0.1) is 0 Å². The van der Waals surface area contributed by atoms with Crippen molar-refractivity contribution in [2.45, 2.75) is 12.8 Å². The van der Waals surface area contributed by atoms with Crippen LogP contribution in [0.25, 0.3) is 0 Å². The molecule has 1 aromatic carbocycles. The van der Waals surface area contributed by atoms with Crippen LogP contribution in [-0.2, 0) is 4.74 Å². The third-order valence-electron chi connectivity index (χ3n) is 3.22. The van der Waals surface area contributed by atoms with E-state index in [-0.39, 0.29) is 5.91 Å². The zero-order valence-electron chi connectivity index (χ0n) is 10.6. The molecule has 4 heteroatoms. The smallest absolute Gasteiger partial charge is 0.251 e. The number of ether oxygens (including phenoxy) is 2. The molecule has 18 heavy (non-hydrogen) atoms. The van der Waals surface area contributed by atoms with E-state index in [0.717, 1.165) is 32.6 Å². The number of hydrogen-bond donors (Lipinski definition) is 1. The van der Waals surface area contributed by atoms with Crippen LogP contribution < -0.4 is 10.1 Å². The molecule has 1 N–H and O–H groups in total. The van der Waals surface area contributed by atoms with Crippen LogP contribution in [0, 0.1) is 5.92 Å². The SMILES string of the molecule is COc1cccc(C(=O)NCC2CCOCC2)c1. The predicted molar refractivity (Wildman–Crippen MR) is 68.9 cm³/mol. The minimum atomic E-state index is -0.0413. The first-order chi connectivity index (χ1) is 8.79. The lowest BCUT2D eigenvalue weighted by Crippen LogP contribution is -2.32. The molecule has 1 saturated heterocycles. The molecular formula is C14H19NO3. The van der Waals surface area contributed by atoms with Gasteiger partial charge in [-0.1, -0.05) is 6.07 Å². The predicted octanol–water partition coefficient (Wildman–Crippen LogP) is 1.85. The Morgan fingerprint density at radius 3 is 2.94 bits per heavy atom. The fraction of sp³-hybridized carbons (Fsp3) is 0.500. The van der Waals surface area contributed by atoms with Gasteiger partial charge in [-0.05, 0) is 37.0 Å². The van der Waals surface area contributed by atoms with Crippen molar-refractivity contribution in [3.05, 3.63) is 29.8 Å². The molecule has 4 nitrogen and oxygen atoms in total. The van der Waals surface area contributed by atoms with Gasteiger partial charge in [-0.2, -0.15) is 0 Å². The van der Waals surface area contributed by atoms with E-state index in [2.05, 4.69) is 5.32 Å². The standard InChI is InChI=1S/C14H19NO3/c1-17-13-4-2-3-12(9-13)14(16)15-10-11-5-7-18-8-6-11/h2-4,9,11H,5-8,10H2,1H3,(H,15,16). The van der Waals surface area contributed by atoms with Crippen molar-refractivity contribution < 1.29 is 14.3 Å². The average molecular weight is 249 g/mol. The summed E-state index contributed by atoms with van der Waals surface area (Å²) in [4.78, 5) is 12.0. The Morgan fingerprint density at radius 1 is 1.44 bits per heavy atom. The highest BCUT2D eigenvalue weighted by Gasteiger charge is 2.15. The van der Waals surface area contributed by atoms with E-state index < -0.39 is 0 Å². The molecule has 1 aliphatic rings. The fourth-order valence-corrected chi connectivity index (χ4v) is 2.05. The van der Waals surface area contributed by atoms with Crippen LogP contribution in [-0.4, -0.2) is 32.8 Å². The summed E-state index contributed by atoms with van der Waals surface area (Å²) in [5.74, 6) is 1.20. The van der Waals surface area contributed by atoms with Crippen LogP contribution >= 0.6 is 0 Å². The van der Waals surface area contributed by atoms with Gasteiger partial charge >= 0.3 is 0 Å². The molecule has 0 bridgehead atoms. The van der Waals surface area contributed by atoms with Crippen molar-refractivity contribution in [1.29, 1.82) is 0 Å². The summed E-state index contributed by atoms with van der Waals surface area (Å²) in [6.07, 6.45) is 2.05. The second-order valence-electron chi connectivity index (χ2n) is 4.50. The Kier molecular flexibility index (Phi) is 4.59. The number of nitrogens with one attached hydrogen (secondary N) is 1. The van der Waals surface area contributed by atoms with Gasteiger partial charge in [-0.3, -0.25) is 4.79 Å². The molecule has 0 radical (unpaired) electrons. The van der Waals surface area contributed by atoms with Crippen LogP contribution in [0.15, 0.2) is 24.3 Å². The number of methoxy groups -OCH3 is 1. The summed E-state index contributed by atoms with van der Waals surface area (Å²) in [7, 11) is 1.60. The largest absolute Gasteiger partial charge is 0.497 e. The first-order valence-electron chi connectivity index (χ1n) is 6.29. The van der Waals surface area contributed by atoms with Crippen molar-refractivity contribution in [2.75, 3.05) is 26.9 Å². The molecule has 1 fully saturated rings. The summed E-state index contributed by atoms with van der Waals surface area (Å²) in [6.45, 7) is 2.33. The van der Waals surface area contributed by atoms with E-state index in [1.165, 1.54) is 0 Å². The molecule has 98 valence electrons. The monoisotopic (exact) mass is 249 g/mol. The lowest BCUT2D eigenvalue weighted by atomic mass is 10.0. The number of benzene rings is 1. The maximum Gasteiger partial charge on any atom is 0.251 e. The van der Waals surface area contributed by atoms with Gasteiger partial charge in [0, 0.05) is 25.3 Å². The summed E-state index contributed by atoms with van der Waals surface area (Å²) < 4.78 is 10.4. The molecule has 0 unspecified atom stereocenters. The number of rotatable bonds is 4. The first-order valence-corrected chi connectivity index (χ1v) is 6.29.